The van der Waals surface area contributed by atoms with Gasteiger partial charge in [0.1, 0.15) is 12.4 Å². The molecule has 0 bridgehead atoms. The highest BCUT2D eigenvalue weighted by Gasteiger charge is 2.37. The van der Waals surface area contributed by atoms with Gasteiger partial charge in [0.15, 0.2) is 0 Å². The lowest BCUT2D eigenvalue weighted by Crippen LogP contribution is -2.03. The quantitative estimate of drug-likeness (QED) is 0.929. The third-order valence-corrected chi connectivity index (χ3v) is 3.94. The molecule has 1 fully saturated rings. The van der Waals surface area contributed by atoms with E-state index in [9.17, 15) is 0 Å². The predicted octanol–water partition coefficient (Wildman–Crippen LogP) is 3.84. The van der Waals surface area contributed by atoms with E-state index in [-0.39, 0.29) is 6.04 Å². The molecule has 1 aliphatic rings. The monoisotopic (exact) mass is 317 g/mol. The average Bonchev–Trinajstić information content (AvgIpc) is 3.15. The molecule has 0 aromatic heterocycles. The van der Waals surface area contributed by atoms with E-state index in [1.165, 1.54) is 11.1 Å². The maximum atomic E-state index is 5.95. The zero-order valence-electron chi connectivity index (χ0n) is 10.6. The molecule has 1 saturated carbocycles. The molecule has 2 aromatic rings. The zero-order valence-corrected chi connectivity index (χ0v) is 12.1. The van der Waals surface area contributed by atoms with Crippen molar-refractivity contribution >= 4 is 15.9 Å². The molecule has 0 spiro atoms. The first kappa shape index (κ1) is 12.7. The van der Waals surface area contributed by atoms with Gasteiger partial charge in [0.2, 0.25) is 0 Å². The van der Waals surface area contributed by atoms with Gasteiger partial charge in [-0.2, -0.15) is 0 Å². The summed E-state index contributed by atoms with van der Waals surface area (Å²) in [6.07, 6.45) is 1.05. The summed E-state index contributed by atoms with van der Waals surface area (Å²) in [6.45, 7) is 0.595. The molecule has 2 nitrogen and oxygen atoms in total. The van der Waals surface area contributed by atoms with Crippen LogP contribution >= 0.6 is 15.9 Å². The van der Waals surface area contributed by atoms with Crippen molar-refractivity contribution < 1.29 is 4.74 Å². The van der Waals surface area contributed by atoms with Gasteiger partial charge in [-0.3, -0.25) is 0 Å². The molecule has 2 atom stereocenters. The van der Waals surface area contributed by atoms with E-state index >= 15 is 0 Å². The van der Waals surface area contributed by atoms with Gasteiger partial charge in [0.05, 0.1) is 0 Å². The Balaban J connectivity index is 1.77. The second-order valence-electron chi connectivity index (χ2n) is 4.96. The number of rotatable bonds is 4. The fourth-order valence-corrected chi connectivity index (χ4v) is 2.63. The number of hydrogen-bond donors (Lipinski definition) is 1. The summed E-state index contributed by atoms with van der Waals surface area (Å²) >= 11 is 3.51. The van der Waals surface area contributed by atoms with Crippen LogP contribution in [-0.2, 0) is 6.61 Å². The van der Waals surface area contributed by atoms with Crippen molar-refractivity contribution in [1.82, 2.24) is 0 Å². The van der Waals surface area contributed by atoms with Crippen molar-refractivity contribution in [2.45, 2.75) is 25.0 Å². The van der Waals surface area contributed by atoms with Crippen LogP contribution in [0.3, 0.4) is 0 Å². The Morgan fingerprint density at radius 1 is 1.16 bits per heavy atom. The van der Waals surface area contributed by atoms with E-state index in [0.29, 0.717) is 12.5 Å². The second kappa shape index (κ2) is 5.35. The molecule has 19 heavy (non-hydrogen) atoms. The van der Waals surface area contributed by atoms with Gasteiger partial charge < -0.3 is 10.5 Å². The standard InChI is InChI=1S/C16H16BrNO/c17-12-6-7-16(14(8-12)13-9-15(13)18)19-10-11-4-2-1-3-5-11/h1-8,13,15H,9-10,18H2/t13-,15+/m0/s1. The normalized spacial score (nSPS) is 21.2. The van der Waals surface area contributed by atoms with Gasteiger partial charge in [-0.15, -0.1) is 0 Å². The van der Waals surface area contributed by atoms with Gasteiger partial charge in [0.25, 0.3) is 0 Å². The third-order valence-electron chi connectivity index (χ3n) is 3.45. The molecule has 0 saturated heterocycles. The van der Waals surface area contributed by atoms with Crippen LogP contribution < -0.4 is 10.5 Å². The first-order chi connectivity index (χ1) is 9.24. The first-order valence-corrected chi connectivity index (χ1v) is 7.25. The first-order valence-electron chi connectivity index (χ1n) is 6.46. The second-order valence-corrected chi connectivity index (χ2v) is 5.88. The van der Waals surface area contributed by atoms with Gasteiger partial charge in [-0.05, 0) is 35.7 Å². The van der Waals surface area contributed by atoms with Crippen LogP contribution in [0.1, 0.15) is 23.5 Å². The Hall–Kier alpha value is -1.32. The van der Waals surface area contributed by atoms with E-state index in [4.69, 9.17) is 10.5 Å². The Morgan fingerprint density at radius 2 is 1.89 bits per heavy atom. The Bertz CT molecular complexity index is 570. The lowest BCUT2D eigenvalue weighted by Gasteiger charge is -2.12. The maximum absolute atomic E-state index is 5.95. The molecule has 0 unspecified atom stereocenters. The van der Waals surface area contributed by atoms with Crippen LogP contribution in [-0.4, -0.2) is 6.04 Å². The number of nitrogens with two attached hydrogens (primary N) is 1. The van der Waals surface area contributed by atoms with Crippen molar-refractivity contribution in [3.05, 3.63) is 64.1 Å². The van der Waals surface area contributed by atoms with Crippen LogP contribution in [0.25, 0.3) is 0 Å². The van der Waals surface area contributed by atoms with Crippen molar-refractivity contribution in [3.8, 4) is 5.75 Å². The van der Waals surface area contributed by atoms with Crippen LogP contribution in [0.2, 0.25) is 0 Å². The molecule has 2 N–H and O–H groups in total. The van der Waals surface area contributed by atoms with Crippen molar-refractivity contribution in [1.29, 1.82) is 0 Å². The maximum Gasteiger partial charge on any atom is 0.123 e. The predicted molar refractivity (Wildman–Crippen MR) is 80.2 cm³/mol. The summed E-state index contributed by atoms with van der Waals surface area (Å²) in [4.78, 5) is 0. The molecule has 3 heteroatoms. The average molecular weight is 318 g/mol. The van der Waals surface area contributed by atoms with Gasteiger partial charge in [-0.1, -0.05) is 46.3 Å². The Morgan fingerprint density at radius 3 is 2.58 bits per heavy atom. The number of ether oxygens (including phenoxy) is 1. The summed E-state index contributed by atoms with van der Waals surface area (Å²) in [5, 5.41) is 0. The highest BCUT2D eigenvalue weighted by Crippen LogP contribution is 2.44. The van der Waals surface area contributed by atoms with Gasteiger partial charge in [0, 0.05) is 16.4 Å². The molecular weight excluding hydrogens is 302 g/mol. The molecule has 3 rings (SSSR count). The fraction of sp³-hybridized carbons (Fsp3) is 0.250. The highest BCUT2D eigenvalue weighted by atomic mass is 79.9. The Labute approximate surface area is 121 Å². The summed E-state index contributed by atoms with van der Waals surface area (Å²) in [5.74, 6) is 1.40. The van der Waals surface area contributed by atoms with Crippen LogP contribution in [0, 0.1) is 0 Å². The van der Waals surface area contributed by atoms with E-state index in [2.05, 4.69) is 34.1 Å². The molecular formula is C16H16BrNO. The smallest absolute Gasteiger partial charge is 0.123 e. The molecule has 0 amide bonds. The number of halogens is 1. The number of hydrogen-bond acceptors (Lipinski definition) is 2. The summed E-state index contributed by atoms with van der Waals surface area (Å²) in [6, 6.07) is 16.6. The minimum atomic E-state index is 0.286. The molecule has 1 aliphatic carbocycles. The molecule has 0 radical (unpaired) electrons. The van der Waals surface area contributed by atoms with E-state index in [1.807, 2.05) is 30.3 Å². The van der Waals surface area contributed by atoms with Crippen molar-refractivity contribution in [3.63, 3.8) is 0 Å². The highest BCUT2D eigenvalue weighted by molar-refractivity contribution is 9.10. The molecule has 98 valence electrons. The summed E-state index contributed by atoms with van der Waals surface area (Å²) in [5.41, 5.74) is 8.35. The topological polar surface area (TPSA) is 35.2 Å². The SMILES string of the molecule is N[C@@H]1C[C@H]1c1cc(Br)ccc1OCc1ccccc1. The minimum Gasteiger partial charge on any atom is -0.489 e. The summed E-state index contributed by atoms with van der Waals surface area (Å²) < 4.78 is 7.03. The molecule has 0 aliphatic heterocycles. The largest absolute Gasteiger partial charge is 0.489 e. The van der Waals surface area contributed by atoms with Crippen molar-refractivity contribution in [2.75, 3.05) is 0 Å². The number of benzene rings is 2. The van der Waals surface area contributed by atoms with E-state index < -0.39 is 0 Å². The van der Waals surface area contributed by atoms with Crippen LogP contribution in [0.4, 0.5) is 0 Å². The fourth-order valence-electron chi connectivity index (χ4n) is 2.25. The molecule has 2 aromatic carbocycles. The zero-order chi connectivity index (χ0) is 13.2. The molecule has 0 heterocycles. The van der Waals surface area contributed by atoms with Crippen LogP contribution in [0.5, 0.6) is 5.75 Å². The minimum absolute atomic E-state index is 0.286. The van der Waals surface area contributed by atoms with Crippen molar-refractivity contribution in [2.24, 2.45) is 5.73 Å². The van der Waals surface area contributed by atoms with E-state index in [0.717, 1.165) is 16.6 Å². The van der Waals surface area contributed by atoms with Gasteiger partial charge in [-0.25, -0.2) is 0 Å². The van der Waals surface area contributed by atoms with Gasteiger partial charge >= 0.3 is 0 Å². The lowest BCUT2D eigenvalue weighted by molar-refractivity contribution is 0.303. The Kier molecular flexibility index (Phi) is 3.58. The summed E-state index contributed by atoms with van der Waals surface area (Å²) in [7, 11) is 0. The van der Waals surface area contributed by atoms with E-state index in [1.54, 1.807) is 0 Å². The lowest BCUT2D eigenvalue weighted by atomic mass is 10.1. The van der Waals surface area contributed by atoms with Crippen LogP contribution in [0.15, 0.2) is 53.0 Å². The third kappa shape index (κ3) is 2.99.